The molecule has 39 heavy (non-hydrogen) atoms. The van der Waals surface area contributed by atoms with Crippen molar-refractivity contribution in [2.75, 3.05) is 18.0 Å². The Morgan fingerprint density at radius 2 is 1.62 bits per heavy atom. The second-order valence-electron chi connectivity index (χ2n) is 9.62. The van der Waals surface area contributed by atoms with Crippen molar-refractivity contribution >= 4 is 27.5 Å². The Balaban J connectivity index is 2.05. The number of benzene rings is 3. The number of carbonyl (C=O) groups is 2. The van der Waals surface area contributed by atoms with Gasteiger partial charge in [-0.15, -0.1) is 0 Å². The summed E-state index contributed by atoms with van der Waals surface area (Å²) in [6.07, 6.45) is 0.351. The molecule has 8 nitrogen and oxygen atoms in total. The lowest BCUT2D eigenvalue weighted by atomic mass is 10.1. The van der Waals surface area contributed by atoms with Crippen LogP contribution < -0.4 is 14.4 Å². The average Bonchev–Trinajstić information content (AvgIpc) is 2.92. The molecule has 3 aromatic carbocycles. The Labute approximate surface area is 231 Å². The van der Waals surface area contributed by atoms with Gasteiger partial charge in [0.2, 0.25) is 11.8 Å². The standard InChI is InChI=1S/C30H37N3O5S/c1-6-28(30(35)31-22(2)3)32(20-24-11-10-12-26(19-24)38-5)29(34)21-33(25-17-15-23(4)16-18-25)39(36,37)27-13-8-7-9-14-27/h7-19,22,28H,6,20-21H2,1-5H3,(H,31,35)/t28-/m1/s1. The highest BCUT2D eigenvalue weighted by Gasteiger charge is 2.33. The molecule has 1 atom stereocenters. The molecule has 0 unspecified atom stereocenters. The van der Waals surface area contributed by atoms with Crippen molar-refractivity contribution in [3.8, 4) is 5.75 Å². The van der Waals surface area contributed by atoms with Crippen molar-refractivity contribution < 1.29 is 22.7 Å². The lowest BCUT2D eigenvalue weighted by Crippen LogP contribution is -2.53. The molecule has 3 rings (SSSR count). The largest absolute Gasteiger partial charge is 0.497 e. The highest BCUT2D eigenvalue weighted by atomic mass is 32.2. The first-order valence-electron chi connectivity index (χ1n) is 12.9. The van der Waals surface area contributed by atoms with E-state index in [4.69, 9.17) is 4.74 Å². The van der Waals surface area contributed by atoms with Gasteiger partial charge in [-0.05, 0) is 69.2 Å². The van der Waals surface area contributed by atoms with Gasteiger partial charge in [0, 0.05) is 12.6 Å². The summed E-state index contributed by atoms with van der Waals surface area (Å²) in [6.45, 7) is 7.06. The third-order valence-electron chi connectivity index (χ3n) is 6.24. The molecule has 0 aliphatic carbocycles. The van der Waals surface area contributed by atoms with Crippen molar-refractivity contribution in [1.29, 1.82) is 0 Å². The van der Waals surface area contributed by atoms with Gasteiger partial charge in [0.25, 0.3) is 10.0 Å². The van der Waals surface area contributed by atoms with E-state index in [9.17, 15) is 18.0 Å². The van der Waals surface area contributed by atoms with Gasteiger partial charge in [-0.3, -0.25) is 13.9 Å². The van der Waals surface area contributed by atoms with Crippen LogP contribution in [0, 0.1) is 6.92 Å². The van der Waals surface area contributed by atoms with Crippen LogP contribution in [0.5, 0.6) is 5.75 Å². The molecule has 0 saturated carbocycles. The zero-order valence-corrected chi connectivity index (χ0v) is 23.9. The summed E-state index contributed by atoms with van der Waals surface area (Å²) in [5.41, 5.74) is 2.07. The number of carbonyl (C=O) groups excluding carboxylic acids is 2. The first-order chi connectivity index (χ1) is 18.6. The van der Waals surface area contributed by atoms with Crippen molar-refractivity contribution in [1.82, 2.24) is 10.2 Å². The summed E-state index contributed by atoms with van der Waals surface area (Å²) < 4.78 is 34.0. The molecule has 0 fully saturated rings. The minimum atomic E-state index is -4.09. The number of hydrogen-bond donors (Lipinski definition) is 1. The van der Waals surface area contributed by atoms with E-state index in [1.54, 1.807) is 61.7 Å². The number of anilines is 1. The molecule has 0 bridgehead atoms. The molecule has 0 aliphatic rings. The Kier molecular flexibility index (Phi) is 10.1. The first kappa shape index (κ1) is 29.7. The maximum absolute atomic E-state index is 14.0. The second-order valence-corrected chi connectivity index (χ2v) is 11.5. The molecule has 0 heterocycles. The maximum atomic E-state index is 14.0. The summed E-state index contributed by atoms with van der Waals surface area (Å²) >= 11 is 0. The van der Waals surface area contributed by atoms with E-state index in [1.165, 1.54) is 17.0 Å². The molecule has 3 aromatic rings. The fourth-order valence-electron chi connectivity index (χ4n) is 4.23. The van der Waals surface area contributed by atoms with Crippen LogP contribution in [0.2, 0.25) is 0 Å². The average molecular weight is 552 g/mol. The minimum Gasteiger partial charge on any atom is -0.497 e. The van der Waals surface area contributed by atoms with Crippen LogP contribution in [-0.2, 0) is 26.2 Å². The fourth-order valence-corrected chi connectivity index (χ4v) is 5.66. The number of nitrogens with one attached hydrogen (secondary N) is 1. The molecule has 9 heteroatoms. The van der Waals surface area contributed by atoms with Crippen LogP contribution in [-0.4, -0.2) is 50.9 Å². The summed E-state index contributed by atoms with van der Waals surface area (Å²) in [7, 11) is -2.53. The number of rotatable bonds is 12. The smallest absolute Gasteiger partial charge is 0.264 e. The Hall–Kier alpha value is -3.85. The quantitative estimate of drug-likeness (QED) is 0.357. The monoisotopic (exact) mass is 551 g/mol. The van der Waals surface area contributed by atoms with E-state index in [-0.39, 0.29) is 23.4 Å². The van der Waals surface area contributed by atoms with E-state index in [0.29, 0.717) is 17.9 Å². The zero-order chi connectivity index (χ0) is 28.6. The number of ether oxygens (including phenoxy) is 1. The molecule has 0 spiro atoms. The van der Waals surface area contributed by atoms with E-state index in [1.807, 2.05) is 39.8 Å². The Morgan fingerprint density at radius 1 is 0.949 bits per heavy atom. The van der Waals surface area contributed by atoms with Gasteiger partial charge < -0.3 is 15.0 Å². The topological polar surface area (TPSA) is 96.0 Å². The number of sulfonamides is 1. The van der Waals surface area contributed by atoms with E-state index in [0.717, 1.165) is 15.4 Å². The summed E-state index contributed by atoms with van der Waals surface area (Å²) in [5, 5.41) is 2.90. The number of methoxy groups -OCH3 is 1. The van der Waals surface area contributed by atoms with Gasteiger partial charge >= 0.3 is 0 Å². The maximum Gasteiger partial charge on any atom is 0.264 e. The highest BCUT2D eigenvalue weighted by molar-refractivity contribution is 7.92. The van der Waals surface area contributed by atoms with Crippen LogP contribution in [0.1, 0.15) is 38.3 Å². The summed E-state index contributed by atoms with van der Waals surface area (Å²) in [5.74, 6) is -0.173. The first-order valence-corrected chi connectivity index (χ1v) is 14.4. The lowest BCUT2D eigenvalue weighted by Gasteiger charge is -2.33. The van der Waals surface area contributed by atoms with Crippen molar-refractivity contribution in [3.63, 3.8) is 0 Å². The van der Waals surface area contributed by atoms with Gasteiger partial charge in [0.1, 0.15) is 18.3 Å². The van der Waals surface area contributed by atoms with Crippen molar-refractivity contribution in [2.24, 2.45) is 0 Å². The van der Waals surface area contributed by atoms with Crippen LogP contribution in [0.25, 0.3) is 0 Å². The van der Waals surface area contributed by atoms with Crippen LogP contribution in [0.3, 0.4) is 0 Å². The highest BCUT2D eigenvalue weighted by Crippen LogP contribution is 2.25. The molecule has 0 aliphatic heterocycles. The van der Waals surface area contributed by atoms with Crippen LogP contribution >= 0.6 is 0 Å². The van der Waals surface area contributed by atoms with Gasteiger partial charge in [-0.1, -0.05) is 55.0 Å². The van der Waals surface area contributed by atoms with Crippen LogP contribution in [0.15, 0.2) is 83.8 Å². The van der Waals surface area contributed by atoms with Crippen molar-refractivity contribution in [2.45, 2.75) is 57.6 Å². The van der Waals surface area contributed by atoms with Gasteiger partial charge in [0.15, 0.2) is 0 Å². The predicted molar refractivity (Wildman–Crippen MR) is 153 cm³/mol. The predicted octanol–water partition coefficient (Wildman–Crippen LogP) is 4.53. The molecular weight excluding hydrogens is 514 g/mol. The van der Waals surface area contributed by atoms with E-state index < -0.39 is 28.5 Å². The summed E-state index contributed by atoms with van der Waals surface area (Å²) in [4.78, 5) is 28.7. The van der Waals surface area contributed by atoms with E-state index in [2.05, 4.69) is 5.32 Å². The van der Waals surface area contributed by atoms with E-state index >= 15 is 0 Å². The van der Waals surface area contributed by atoms with Crippen molar-refractivity contribution in [3.05, 3.63) is 90.0 Å². The molecule has 2 amide bonds. The molecule has 208 valence electrons. The molecule has 1 N–H and O–H groups in total. The number of amides is 2. The normalized spacial score (nSPS) is 12.1. The van der Waals surface area contributed by atoms with Gasteiger partial charge in [-0.25, -0.2) is 8.42 Å². The lowest BCUT2D eigenvalue weighted by molar-refractivity contribution is -0.140. The third kappa shape index (κ3) is 7.60. The fraction of sp³-hybridized carbons (Fsp3) is 0.333. The Bertz CT molecular complexity index is 1360. The second kappa shape index (κ2) is 13.3. The molecule has 0 aromatic heterocycles. The number of aryl methyl sites for hydroxylation is 1. The Morgan fingerprint density at radius 3 is 2.21 bits per heavy atom. The molecule has 0 saturated heterocycles. The van der Waals surface area contributed by atoms with Gasteiger partial charge in [-0.2, -0.15) is 0 Å². The SMILES string of the molecule is CC[C@H](C(=O)NC(C)C)N(Cc1cccc(OC)c1)C(=O)CN(c1ccc(C)cc1)S(=O)(=O)c1ccccc1. The zero-order valence-electron chi connectivity index (χ0n) is 23.1. The van der Waals surface area contributed by atoms with Crippen LogP contribution in [0.4, 0.5) is 5.69 Å². The number of hydrogen-bond acceptors (Lipinski definition) is 5. The molecule has 0 radical (unpaired) electrons. The number of nitrogens with zero attached hydrogens (tertiary/aromatic N) is 2. The third-order valence-corrected chi connectivity index (χ3v) is 8.02. The molecular formula is C30H37N3O5S. The summed E-state index contributed by atoms with van der Waals surface area (Å²) in [6, 6.07) is 21.3. The minimum absolute atomic E-state index is 0.0716. The van der Waals surface area contributed by atoms with Gasteiger partial charge in [0.05, 0.1) is 17.7 Å².